The SMILES string of the molecule is CCCCCCCCCCCCCCCc1cccc2cc(S(=O)(=O)[O-])cc(CCCCCCCCCCCCCCC)c12.CCCCCCCCCCCCCCCc1cccc2cc(S(=O)(=O)[O-])cc(CCCCCCCCCCCCCCC)c12.[Ba+2]. The Labute approximate surface area is 591 Å². The summed E-state index contributed by atoms with van der Waals surface area (Å²) in [4.78, 5) is -0.152. The second kappa shape index (κ2) is 56.0. The van der Waals surface area contributed by atoms with Crippen molar-refractivity contribution >= 4 is 90.7 Å². The minimum atomic E-state index is -4.48. The first-order valence-corrected chi connectivity index (χ1v) is 40.8. The molecule has 0 unspecified atom stereocenters. The van der Waals surface area contributed by atoms with Crippen molar-refractivity contribution in [1.29, 1.82) is 0 Å². The number of benzene rings is 4. The van der Waals surface area contributed by atoms with Gasteiger partial charge in [0.2, 0.25) is 0 Å². The number of rotatable bonds is 58. The molecule has 0 bridgehead atoms. The summed E-state index contributed by atoms with van der Waals surface area (Å²) in [6.07, 6.45) is 72.9. The smallest absolute Gasteiger partial charge is 0.744 e. The Morgan fingerprint density at radius 3 is 0.618 bits per heavy atom. The van der Waals surface area contributed by atoms with E-state index in [0.29, 0.717) is 0 Å². The molecule has 0 aliphatic rings. The molecular weight excluding hydrogens is 1260 g/mol. The maximum absolute atomic E-state index is 12.0. The van der Waals surface area contributed by atoms with Gasteiger partial charge in [-0.05, 0) is 119 Å². The maximum Gasteiger partial charge on any atom is 2.00 e. The monoisotopic (exact) mass is 1390 g/mol. The minimum Gasteiger partial charge on any atom is -0.744 e. The van der Waals surface area contributed by atoms with Crippen LogP contribution in [0, 0.1) is 0 Å². The fourth-order valence-electron chi connectivity index (χ4n) is 13.6. The Kier molecular flexibility index (Phi) is 52.8. The van der Waals surface area contributed by atoms with Crippen LogP contribution in [0.3, 0.4) is 0 Å². The van der Waals surface area contributed by atoms with Crippen LogP contribution in [0.15, 0.2) is 70.5 Å². The number of aryl methyl sites for hydroxylation is 4. The summed E-state index contributed by atoms with van der Waals surface area (Å²) in [6.45, 7) is 9.10. The average molecular weight is 1390 g/mol. The van der Waals surface area contributed by atoms with E-state index in [9.17, 15) is 25.9 Å². The van der Waals surface area contributed by atoms with E-state index in [1.54, 1.807) is 24.3 Å². The van der Waals surface area contributed by atoms with Gasteiger partial charge >= 0.3 is 48.9 Å². The molecule has 4 aromatic rings. The quantitative estimate of drug-likeness (QED) is 0.0247. The number of hydrogen-bond donors (Lipinski definition) is 0. The van der Waals surface area contributed by atoms with Crippen molar-refractivity contribution in [2.24, 2.45) is 0 Å². The van der Waals surface area contributed by atoms with E-state index < -0.39 is 20.2 Å². The Balaban J connectivity index is 0.000000600. The van der Waals surface area contributed by atoms with Crippen molar-refractivity contribution in [2.45, 2.75) is 397 Å². The van der Waals surface area contributed by atoms with Gasteiger partial charge in [0.25, 0.3) is 0 Å². The molecule has 0 saturated carbocycles. The molecule has 9 heteroatoms. The molecule has 4 rings (SSSR count). The van der Waals surface area contributed by atoms with Crippen molar-refractivity contribution in [1.82, 2.24) is 0 Å². The van der Waals surface area contributed by atoms with Crippen molar-refractivity contribution in [3.63, 3.8) is 0 Å². The molecule has 0 N–H and O–H groups in total. The summed E-state index contributed by atoms with van der Waals surface area (Å²) >= 11 is 0. The van der Waals surface area contributed by atoms with Crippen LogP contribution in [0.25, 0.3) is 21.5 Å². The van der Waals surface area contributed by atoms with Crippen LogP contribution < -0.4 is 0 Å². The van der Waals surface area contributed by atoms with Gasteiger partial charge in [0.1, 0.15) is 20.2 Å². The molecule has 504 valence electrons. The minimum absolute atomic E-state index is 0. The Hall–Kier alpha value is -1.21. The molecule has 0 aromatic heterocycles. The van der Waals surface area contributed by atoms with Crippen LogP contribution >= 0.6 is 0 Å². The van der Waals surface area contributed by atoms with Crippen LogP contribution in [0.2, 0.25) is 0 Å². The van der Waals surface area contributed by atoms with E-state index in [2.05, 4.69) is 39.8 Å². The molecule has 0 amide bonds. The van der Waals surface area contributed by atoms with Gasteiger partial charge in [-0.3, -0.25) is 0 Å². The average Bonchev–Trinajstić information content (AvgIpc) is 2.34. The standard InChI is InChI=1S/2C40H68O3S.Ba/c2*1-3-5-7-9-11-13-15-17-19-21-23-25-27-30-36-32-29-33-38-35-39(44(41,42)43)34-37(40(36)38)31-28-26-24-22-20-18-16-14-12-10-8-6-4-2;/h2*29,32-35H,3-28,30-31H2,1-2H3,(H,41,42,43);/q;;+2/p-2. The van der Waals surface area contributed by atoms with E-state index in [1.165, 1.54) is 317 Å². The molecule has 4 aromatic carbocycles. The second-order valence-electron chi connectivity index (χ2n) is 27.1. The summed E-state index contributed by atoms with van der Waals surface area (Å²) in [6, 6.07) is 19.0. The number of unbranched alkanes of at least 4 members (excludes halogenated alkanes) is 48. The zero-order valence-corrected chi connectivity index (χ0v) is 64.4. The van der Waals surface area contributed by atoms with Gasteiger partial charge in [-0.2, -0.15) is 0 Å². The summed E-state index contributed by atoms with van der Waals surface area (Å²) in [5.74, 6) is 0. The van der Waals surface area contributed by atoms with E-state index in [-0.39, 0.29) is 58.7 Å². The summed E-state index contributed by atoms with van der Waals surface area (Å²) < 4.78 is 71.7. The first-order chi connectivity index (χ1) is 42.9. The molecule has 0 fully saturated rings. The molecule has 0 atom stereocenters. The molecule has 6 nitrogen and oxygen atoms in total. The molecular formula is C80H134BaO6S2. The van der Waals surface area contributed by atoms with Crippen LogP contribution in [0.5, 0.6) is 0 Å². The van der Waals surface area contributed by atoms with Crippen molar-refractivity contribution in [2.75, 3.05) is 0 Å². The van der Waals surface area contributed by atoms with Gasteiger partial charge < -0.3 is 9.11 Å². The molecule has 0 aliphatic heterocycles. The molecule has 0 saturated heterocycles. The Morgan fingerprint density at radius 1 is 0.247 bits per heavy atom. The first-order valence-electron chi connectivity index (χ1n) is 37.9. The van der Waals surface area contributed by atoms with E-state index in [0.717, 1.165) is 86.1 Å². The summed E-state index contributed by atoms with van der Waals surface area (Å²) in [5.41, 5.74) is 4.71. The third-order valence-electron chi connectivity index (χ3n) is 19.0. The molecule has 0 heterocycles. The fourth-order valence-corrected chi connectivity index (χ4v) is 14.7. The van der Waals surface area contributed by atoms with Gasteiger partial charge in [0.05, 0.1) is 9.79 Å². The fraction of sp³-hybridized carbons (Fsp3) is 0.750. The number of hydrogen-bond acceptors (Lipinski definition) is 6. The third-order valence-corrected chi connectivity index (χ3v) is 20.6. The van der Waals surface area contributed by atoms with Crippen LogP contribution in [0.4, 0.5) is 0 Å². The topological polar surface area (TPSA) is 114 Å². The molecule has 0 spiro atoms. The van der Waals surface area contributed by atoms with Gasteiger partial charge in [-0.25, -0.2) is 16.8 Å². The molecule has 0 aliphatic carbocycles. The maximum atomic E-state index is 12.0. The van der Waals surface area contributed by atoms with Crippen molar-refractivity contribution in [3.8, 4) is 0 Å². The van der Waals surface area contributed by atoms with E-state index in [4.69, 9.17) is 0 Å². The van der Waals surface area contributed by atoms with Crippen LogP contribution in [-0.4, -0.2) is 74.8 Å². The largest absolute Gasteiger partial charge is 2.00 e. The zero-order chi connectivity index (χ0) is 63.4. The number of fused-ring (bicyclic) bond motifs is 2. The van der Waals surface area contributed by atoms with Gasteiger partial charge in [0.15, 0.2) is 0 Å². The Bertz CT molecular complexity index is 2370. The van der Waals surface area contributed by atoms with Gasteiger partial charge in [-0.15, -0.1) is 0 Å². The van der Waals surface area contributed by atoms with Crippen LogP contribution in [0.1, 0.15) is 384 Å². The summed E-state index contributed by atoms with van der Waals surface area (Å²) in [7, 11) is -8.96. The van der Waals surface area contributed by atoms with E-state index >= 15 is 0 Å². The van der Waals surface area contributed by atoms with E-state index in [1.807, 2.05) is 24.3 Å². The molecule has 89 heavy (non-hydrogen) atoms. The first kappa shape index (κ1) is 83.9. The second-order valence-corrected chi connectivity index (χ2v) is 29.8. The molecule has 0 radical (unpaired) electrons. The Morgan fingerprint density at radius 2 is 0.427 bits per heavy atom. The van der Waals surface area contributed by atoms with Gasteiger partial charge in [-0.1, -0.05) is 372 Å². The van der Waals surface area contributed by atoms with Crippen LogP contribution in [-0.2, 0) is 45.9 Å². The van der Waals surface area contributed by atoms with Crippen molar-refractivity contribution in [3.05, 3.63) is 82.9 Å². The summed E-state index contributed by atoms with van der Waals surface area (Å²) in [5, 5.41) is 4.19. The normalized spacial score (nSPS) is 11.8. The predicted octanol–water partition coefficient (Wildman–Crippen LogP) is 25.6. The third kappa shape index (κ3) is 41.4. The zero-order valence-electron chi connectivity index (χ0n) is 58.3. The predicted molar refractivity (Wildman–Crippen MR) is 387 cm³/mol. The van der Waals surface area contributed by atoms with Gasteiger partial charge in [0, 0.05) is 0 Å². The van der Waals surface area contributed by atoms with Crippen molar-refractivity contribution < 1.29 is 25.9 Å².